The molecule has 0 heterocycles. The summed E-state index contributed by atoms with van der Waals surface area (Å²) >= 11 is 5.84. The number of benzene rings is 4. The largest absolute Gasteiger partial charge is 0.423 e. The molecular weight excluding hydrogens is 526 g/mol. The number of para-hydroxylation sites is 1. The Kier molecular flexibility index (Phi) is 8.20. The molecule has 0 fully saturated rings. The van der Waals surface area contributed by atoms with E-state index in [2.05, 4.69) is 15.2 Å². The summed E-state index contributed by atoms with van der Waals surface area (Å²) < 4.78 is 33.3. The molecule has 4 aromatic rings. The minimum absolute atomic E-state index is 0.00291. The van der Waals surface area contributed by atoms with Gasteiger partial charge in [0.2, 0.25) is 0 Å². The number of carbonyl (C=O) groups is 2. The molecule has 10 heteroatoms. The maximum absolute atomic E-state index is 12.7. The molecule has 1 amide bonds. The number of esters is 1. The van der Waals surface area contributed by atoms with Gasteiger partial charge in [-0.3, -0.25) is 9.52 Å². The second-order valence-electron chi connectivity index (χ2n) is 8.13. The zero-order chi connectivity index (χ0) is 27.1. The van der Waals surface area contributed by atoms with Crippen molar-refractivity contribution in [3.63, 3.8) is 0 Å². The SMILES string of the molecule is Cc1cccc(C(=O)Oc2ccc(/C=N\NC(=O)c3ccccc3NS(=O)(=O)c3ccc(Cl)cc3)cc2)c1. The maximum atomic E-state index is 12.7. The first-order valence-corrected chi connectivity index (χ1v) is 13.2. The van der Waals surface area contributed by atoms with Gasteiger partial charge in [0.25, 0.3) is 15.9 Å². The van der Waals surface area contributed by atoms with Crippen LogP contribution in [0.25, 0.3) is 0 Å². The molecule has 0 radical (unpaired) electrons. The van der Waals surface area contributed by atoms with Crippen molar-refractivity contribution in [1.82, 2.24) is 5.43 Å². The number of amides is 1. The van der Waals surface area contributed by atoms with Crippen molar-refractivity contribution in [3.05, 3.63) is 124 Å². The topological polar surface area (TPSA) is 114 Å². The van der Waals surface area contributed by atoms with Crippen LogP contribution in [-0.4, -0.2) is 26.5 Å². The van der Waals surface area contributed by atoms with Gasteiger partial charge >= 0.3 is 5.97 Å². The van der Waals surface area contributed by atoms with Gasteiger partial charge < -0.3 is 4.74 Å². The Labute approximate surface area is 225 Å². The fourth-order valence-electron chi connectivity index (χ4n) is 3.37. The molecule has 0 atom stereocenters. The number of carbonyl (C=O) groups excluding carboxylic acids is 2. The van der Waals surface area contributed by atoms with Gasteiger partial charge in [-0.15, -0.1) is 0 Å². The monoisotopic (exact) mass is 547 g/mol. The highest BCUT2D eigenvalue weighted by Gasteiger charge is 2.18. The van der Waals surface area contributed by atoms with Crippen molar-refractivity contribution < 1.29 is 22.7 Å². The molecule has 0 unspecified atom stereocenters. The molecule has 0 aliphatic rings. The molecule has 8 nitrogen and oxygen atoms in total. The minimum atomic E-state index is -3.95. The highest BCUT2D eigenvalue weighted by molar-refractivity contribution is 7.92. The Morgan fingerprint density at radius 2 is 1.61 bits per heavy atom. The quantitative estimate of drug-likeness (QED) is 0.132. The van der Waals surface area contributed by atoms with Gasteiger partial charge in [0.1, 0.15) is 5.75 Å². The van der Waals surface area contributed by atoms with Gasteiger partial charge in [-0.05, 0) is 85.3 Å². The molecule has 0 bridgehead atoms. The zero-order valence-corrected chi connectivity index (χ0v) is 21.7. The third-order valence-corrected chi connectivity index (χ3v) is 6.90. The summed E-state index contributed by atoms with van der Waals surface area (Å²) in [6.07, 6.45) is 1.41. The molecule has 4 aromatic carbocycles. The number of rotatable bonds is 8. The fourth-order valence-corrected chi connectivity index (χ4v) is 4.58. The first-order valence-electron chi connectivity index (χ1n) is 11.3. The number of hydrogen-bond acceptors (Lipinski definition) is 6. The van der Waals surface area contributed by atoms with Crippen LogP contribution in [0, 0.1) is 6.92 Å². The van der Waals surface area contributed by atoms with Crippen LogP contribution >= 0.6 is 11.6 Å². The summed E-state index contributed by atoms with van der Waals surface area (Å²) in [6.45, 7) is 1.89. The van der Waals surface area contributed by atoms with E-state index < -0.39 is 21.9 Å². The number of halogens is 1. The predicted molar refractivity (Wildman–Crippen MR) is 146 cm³/mol. The van der Waals surface area contributed by atoms with Crippen LogP contribution in [0.15, 0.2) is 107 Å². The lowest BCUT2D eigenvalue weighted by molar-refractivity contribution is 0.0734. The van der Waals surface area contributed by atoms with Crippen LogP contribution in [-0.2, 0) is 10.0 Å². The Bertz CT molecular complexity index is 1600. The number of sulfonamides is 1. The van der Waals surface area contributed by atoms with E-state index in [1.807, 2.05) is 13.0 Å². The van der Waals surface area contributed by atoms with E-state index in [-0.39, 0.29) is 16.1 Å². The molecule has 0 saturated carbocycles. The standard InChI is InChI=1S/C28H22ClN3O5S/c1-19-5-4-6-21(17-19)28(34)37-23-13-9-20(10-14-23)18-30-31-27(33)25-7-2-3-8-26(25)32-38(35,36)24-15-11-22(29)12-16-24/h2-18,32H,1H3,(H,31,33)/b30-18-. The average Bonchev–Trinajstić information content (AvgIpc) is 2.90. The normalized spacial score (nSPS) is 11.2. The average molecular weight is 548 g/mol. The molecule has 0 aliphatic heterocycles. The van der Waals surface area contributed by atoms with E-state index in [9.17, 15) is 18.0 Å². The van der Waals surface area contributed by atoms with Crippen molar-refractivity contribution in [3.8, 4) is 5.75 Å². The first kappa shape index (κ1) is 26.6. The summed E-state index contributed by atoms with van der Waals surface area (Å²) in [6, 6.07) is 25.5. The summed E-state index contributed by atoms with van der Waals surface area (Å²) in [4.78, 5) is 25.0. The second-order valence-corrected chi connectivity index (χ2v) is 10.3. The lowest BCUT2D eigenvalue weighted by Gasteiger charge is -2.11. The van der Waals surface area contributed by atoms with Gasteiger partial charge in [-0.25, -0.2) is 18.6 Å². The molecule has 0 aliphatic carbocycles. The molecule has 4 rings (SSSR count). The summed E-state index contributed by atoms with van der Waals surface area (Å²) in [5, 5.41) is 4.35. The molecule has 38 heavy (non-hydrogen) atoms. The minimum Gasteiger partial charge on any atom is -0.423 e. The number of nitrogens with one attached hydrogen (secondary N) is 2. The van der Waals surface area contributed by atoms with Crippen molar-refractivity contribution in [2.45, 2.75) is 11.8 Å². The highest BCUT2D eigenvalue weighted by atomic mass is 35.5. The number of ether oxygens (including phenoxy) is 1. The van der Waals surface area contributed by atoms with E-state index in [1.54, 1.807) is 54.6 Å². The zero-order valence-electron chi connectivity index (χ0n) is 20.1. The van der Waals surface area contributed by atoms with E-state index in [4.69, 9.17) is 16.3 Å². The van der Waals surface area contributed by atoms with Crippen molar-refractivity contribution >= 4 is 45.4 Å². The van der Waals surface area contributed by atoms with Crippen molar-refractivity contribution in [2.75, 3.05) is 4.72 Å². The van der Waals surface area contributed by atoms with Gasteiger partial charge in [-0.1, -0.05) is 41.4 Å². The number of hydrazone groups is 1. The smallest absolute Gasteiger partial charge is 0.343 e. The lowest BCUT2D eigenvalue weighted by Crippen LogP contribution is -2.21. The molecular formula is C28H22ClN3O5S. The van der Waals surface area contributed by atoms with Gasteiger partial charge in [0, 0.05) is 5.02 Å². The van der Waals surface area contributed by atoms with Gasteiger partial charge in [-0.2, -0.15) is 5.10 Å². The van der Waals surface area contributed by atoms with Crippen LogP contribution in [0.4, 0.5) is 5.69 Å². The van der Waals surface area contributed by atoms with Crippen LogP contribution in [0.5, 0.6) is 5.75 Å². The number of hydrogen-bond donors (Lipinski definition) is 2. The van der Waals surface area contributed by atoms with Crippen LogP contribution in [0.3, 0.4) is 0 Å². The molecule has 0 spiro atoms. The molecule has 0 aromatic heterocycles. The third-order valence-electron chi connectivity index (χ3n) is 5.26. The number of nitrogens with zero attached hydrogens (tertiary/aromatic N) is 1. The van der Waals surface area contributed by atoms with E-state index in [1.165, 1.54) is 42.6 Å². The maximum Gasteiger partial charge on any atom is 0.343 e. The Hall–Kier alpha value is -4.47. The third kappa shape index (κ3) is 6.84. The van der Waals surface area contributed by atoms with Gasteiger partial charge in [0.05, 0.1) is 27.9 Å². The summed E-state index contributed by atoms with van der Waals surface area (Å²) in [5.41, 5.74) is 4.61. The molecule has 0 saturated heterocycles. The second kappa shape index (κ2) is 11.7. The lowest BCUT2D eigenvalue weighted by atomic mass is 10.1. The van der Waals surface area contributed by atoms with E-state index >= 15 is 0 Å². The molecule has 192 valence electrons. The van der Waals surface area contributed by atoms with Crippen LogP contribution in [0.1, 0.15) is 31.8 Å². The van der Waals surface area contributed by atoms with E-state index in [0.29, 0.717) is 21.9 Å². The first-order chi connectivity index (χ1) is 18.2. The van der Waals surface area contributed by atoms with Gasteiger partial charge in [0.15, 0.2) is 0 Å². The molecule has 2 N–H and O–H groups in total. The predicted octanol–water partition coefficient (Wildman–Crippen LogP) is 5.43. The Morgan fingerprint density at radius 1 is 0.895 bits per heavy atom. The summed E-state index contributed by atoms with van der Waals surface area (Å²) in [5.74, 6) is -0.716. The number of aryl methyl sites for hydroxylation is 1. The van der Waals surface area contributed by atoms with Crippen LogP contribution in [0.2, 0.25) is 5.02 Å². The Balaban J connectivity index is 1.39. The summed E-state index contributed by atoms with van der Waals surface area (Å²) in [7, 11) is -3.95. The van der Waals surface area contributed by atoms with E-state index in [0.717, 1.165) is 5.56 Å². The number of anilines is 1. The van der Waals surface area contributed by atoms with Crippen LogP contribution < -0.4 is 14.9 Å². The van der Waals surface area contributed by atoms with Crippen molar-refractivity contribution in [2.24, 2.45) is 5.10 Å². The fraction of sp³-hybridized carbons (Fsp3) is 0.0357. The van der Waals surface area contributed by atoms with Crippen molar-refractivity contribution in [1.29, 1.82) is 0 Å². The highest BCUT2D eigenvalue weighted by Crippen LogP contribution is 2.21. The Morgan fingerprint density at radius 3 is 2.32 bits per heavy atom.